The van der Waals surface area contributed by atoms with Gasteiger partial charge in [0, 0.05) is 17.5 Å². The van der Waals surface area contributed by atoms with Gasteiger partial charge in [0.05, 0.1) is 32.9 Å². The summed E-state index contributed by atoms with van der Waals surface area (Å²) in [6, 6.07) is 11.5. The number of fused-ring (bicyclic) bond motifs is 2. The first-order valence-electron chi connectivity index (χ1n) is 11.3. The van der Waals surface area contributed by atoms with Crippen LogP contribution in [0, 0.1) is 13.8 Å². The molecule has 0 fully saturated rings. The average Bonchev–Trinajstić information content (AvgIpc) is 3.53. The third-order valence-corrected chi connectivity index (χ3v) is 7.10. The number of alkyl halides is 3. The standard InChI is InChI=1S/C25H21F3N6O2S/c1-4-33-14(3)29-19-10-15(8-9-20(19)33)22(35)30-31-23(36)21-12-18-13(2)32-34(24(18)37-21)17-7-5-6-16(11-17)25(26,27)28/h5-12H,4H2,1-3H3,(H,30,35)(H,31,36). The minimum absolute atomic E-state index is 0.228. The molecule has 37 heavy (non-hydrogen) atoms. The van der Waals surface area contributed by atoms with Gasteiger partial charge < -0.3 is 4.57 Å². The lowest BCUT2D eigenvalue weighted by Gasteiger charge is -2.09. The zero-order valence-corrected chi connectivity index (χ0v) is 20.8. The Balaban J connectivity index is 1.35. The maximum atomic E-state index is 13.2. The fourth-order valence-electron chi connectivity index (χ4n) is 4.19. The van der Waals surface area contributed by atoms with E-state index in [1.807, 2.05) is 24.5 Å². The van der Waals surface area contributed by atoms with E-state index in [2.05, 4.69) is 20.9 Å². The highest BCUT2D eigenvalue weighted by atomic mass is 32.1. The number of carbonyl (C=O) groups is 2. The van der Waals surface area contributed by atoms with Crippen LogP contribution in [0.3, 0.4) is 0 Å². The Morgan fingerprint density at radius 3 is 2.51 bits per heavy atom. The molecular weight excluding hydrogens is 505 g/mol. The van der Waals surface area contributed by atoms with Crippen LogP contribution in [0.4, 0.5) is 13.2 Å². The van der Waals surface area contributed by atoms with E-state index < -0.39 is 23.6 Å². The number of halogens is 3. The molecule has 0 saturated heterocycles. The number of nitrogens with one attached hydrogen (secondary N) is 2. The van der Waals surface area contributed by atoms with E-state index in [0.717, 1.165) is 41.4 Å². The van der Waals surface area contributed by atoms with Crippen molar-refractivity contribution in [1.29, 1.82) is 0 Å². The molecule has 8 nitrogen and oxygen atoms in total. The predicted octanol–water partition coefficient (Wildman–Crippen LogP) is 5.17. The Bertz CT molecular complexity index is 1680. The topological polar surface area (TPSA) is 93.8 Å². The van der Waals surface area contributed by atoms with Crippen molar-refractivity contribution in [3.63, 3.8) is 0 Å². The predicted molar refractivity (Wildman–Crippen MR) is 134 cm³/mol. The highest BCUT2D eigenvalue weighted by Gasteiger charge is 2.31. The SMILES string of the molecule is CCn1c(C)nc2cc(C(=O)NNC(=O)c3cc4c(C)nn(-c5cccc(C(F)(F)F)c5)c4s3)ccc21. The molecule has 0 aliphatic heterocycles. The molecule has 0 bridgehead atoms. The summed E-state index contributed by atoms with van der Waals surface area (Å²) in [5.41, 5.74) is 6.72. The van der Waals surface area contributed by atoms with E-state index in [9.17, 15) is 22.8 Å². The van der Waals surface area contributed by atoms with Gasteiger partial charge in [-0.15, -0.1) is 11.3 Å². The van der Waals surface area contributed by atoms with E-state index in [1.165, 1.54) is 16.8 Å². The van der Waals surface area contributed by atoms with Crippen LogP contribution in [-0.4, -0.2) is 31.1 Å². The van der Waals surface area contributed by atoms with Crippen LogP contribution in [0.2, 0.25) is 0 Å². The van der Waals surface area contributed by atoms with Crippen LogP contribution in [-0.2, 0) is 12.7 Å². The highest BCUT2D eigenvalue weighted by Crippen LogP contribution is 2.33. The molecule has 0 aliphatic rings. The molecule has 0 saturated carbocycles. The number of benzene rings is 2. The van der Waals surface area contributed by atoms with Gasteiger partial charge in [0.15, 0.2) is 0 Å². The number of thiophene rings is 1. The summed E-state index contributed by atoms with van der Waals surface area (Å²) >= 11 is 1.06. The first-order chi connectivity index (χ1) is 17.6. The Labute approximate surface area is 212 Å². The lowest BCUT2D eigenvalue weighted by atomic mass is 10.2. The van der Waals surface area contributed by atoms with Gasteiger partial charge in [0.1, 0.15) is 10.7 Å². The molecule has 0 aliphatic carbocycles. The number of aryl methyl sites for hydroxylation is 3. The van der Waals surface area contributed by atoms with Crippen molar-refractivity contribution in [3.05, 3.63) is 76.1 Å². The zero-order valence-electron chi connectivity index (χ0n) is 20.0. The fourth-order valence-corrected chi connectivity index (χ4v) is 5.26. The molecule has 2 aromatic carbocycles. The minimum atomic E-state index is -4.49. The molecule has 3 aromatic heterocycles. The van der Waals surface area contributed by atoms with Crippen LogP contribution >= 0.6 is 11.3 Å². The second-order valence-corrected chi connectivity index (χ2v) is 9.42. The first-order valence-corrected chi connectivity index (χ1v) is 12.1. The van der Waals surface area contributed by atoms with E-state index in [1.54, 1.807) is 25.1 Å². The fraction of sp³-hybridized carbons (Fsp3) is 0.200. The molecule has 2 N–H and O–H groups in total. The van der Waals surface area contributed by atoms with E-state index in [0.29, 0.717) is 27.0 Å². The number of amides is 2. The van der Waals surface area contributed by atoms with Gasteiger partial charge >= 0.3 is 6.18 Å². The average molecular weight is 527 g/mol. The van der Waals surface area contributed by atoms with Crippen molar-refractivity contribution >= 4 is 44.4 Å². The Morgan fingerprint density at radius 1 is 1.03 bits per heavy atom. The molecule has 12 heteroatoms. The normalized spacial score (nSPS) is 11.8. The first kappa shape index (κ1) is 24.5. The zero-order chi connectivity index (χ0) is 26.5. The third kappa shape index (κ3) is 4.44. The monoisotopic (exact) mass is 526 g/mol. The molecule has 0 radical (unpaired) electrons. The van der Waals surface area contributed by atoms with Crippen LogP contribution in [0.25, 0.3) is 26.9 Å². The molecule has 0 atom stereocenters. The van der Waals surface area contributed by atoms with Crippen LogP contribution in [0.5, 0.6) is 0 Å². The summed E-state index contributed by atoms with van der Waals surface area (Å²) in [5.74, 6) is -0.227. The number of hydrogen-bond acceptors (Lipinski definition) is 5. The van der Waals surface area contributed by atoms with Gasteiger partial charge in [0.25, 0.3) is 11.8 Å². The largest absolute Gasteiger partial charge is 0.416 e. The van der Waals surface area contributed by atoms with Gasteiger partial charge in [-0.25, -0.2) is 9.67 Å². The number of rotatable bonds is 4. The van der Waals surface area contributed by atoms with Gasteiger partial charge in [-0.2, -0.15) is 18.3 Å². The van der Waals surface area contributed by atoms with E-state index in [4.69, 9.17) is 0 Å². The number of nitrogens with zero attached hydrogens (tertiary/aromatic N) is 4. The van der Waals surface area contributed by atoms with Gasteiger partial charge in [-0.3, -0.25) is 20.4 Å². The summed E-state index contributed by atoms with van der Waals surface area (Å²) in [5, 5.41) is 4.98. The second-order valence-electron chi connectivity index (χ2n) is 8.39. The van der Waals surface area contributed by atoms with Crippen molar-refractivity contribution in [1.82, 2.24) is 30.2 Å². The van der Waals surface area contributed by atoms with Crippen molar-refractivity contribution in [3.8, 4) is 5.69 Å². The molecule has 3 heterocycles. The molecule has 0 unspecified atom stereocenters. The van der Waals surface area contributed by atoms with Crippen LogP contribution in [0.15, 0.2) is 48.5 Å². The van der Waals surface area contributed by atoms with Crippen LogP contribution < -0.4 is 10.9 Å². The second kappa shape index (κ2) is 9.04. The Kier molecular flexibility index (Phi) is 5.98. The molecule has 5 rings (SSSR count). The Hall–Kier alpha value is -4.19. The maximum Gasteiger partial charge on any atom is 0.416 e. The summed E-state index contributed by atoms with van der Waals surface area (Å²) in [6.07, 6.45) is -4.49. The van der Waals surface area contributed by atoms with E-state index in [-0.39, 0.29) is 10.6 Å². The highest BCUT2D eigenvalue weighted by molar-refractivity contribution is 7.20. The number of imidazole rings is 1. The van der Waals surface area contributed by atoms with E-state index >= 15 is 0 Å². The maximum absolute atomic E-state index is 13.2. The summed E-state index contributed by atoms with van der Waals surface area (Å²) in [6.45, 7) is 6.36. The van der Waals surface area contributed by atoms with Gasteiger partial charge in [-0.1, -0.05) is 6.07 Å². The van der Waals surface area contributed by atoms with Crippen molar-refractivity contribution in [2.75, 3.05) is 0 Å². The quantitative estimate of drug-likeness (QED) is 0.316. The van der Waals surface area contributed by atoms with Crippen molar-refractivity contribution in [2.45, 2.75) is 33.5 Å². The number of hydrazine groups is 1. The number of aromatic nitrogens is 4. The minimum Gasteiger partial charge on any atom is -0.329 e. The molecule has 2 amide bonds. The lowest BCUT2D eigenvalue weighted by Crippen LogP contribution is -2.41. The Morgan fingerprint density at radius 2 is 1.78 bits per heavy atom. The van der Waals surface area contributed by atoms with Gasteiger partial charge in [0.2, 0.25) is 0 Å². The molecular formula is C25H21F3N6O2S. The number of hydrogen-bond donors (Lipinski definition) is 2. The third-order valence-electron chi connectivity index (χ3n) is 5.99. The van der Waals surface area contributed by atoms with Crippen molar-refractivity contribution in [2.24, 2.45) is 0 Å². The molecule has 190 valence electrons. The van der Waals surface area contributed by atoms with Crippen molar-refractivity contribution < 1.29 is 22.8 Å². The van der Waals surface area contributed by atoms with Gasteiger partial charge in [-0.05, 0) is 63.2 Å². The van der Waals surface area contributed by atoms with Crippen LogP contribution in [0.1, 0.15) is 44.0 Å². The lowest BCUT2D eigenvalue weighted by molar-refractivity contribution is -0.137. The summed E-state index contributed by atoms with van der Waals surface area (Å²) in [4.78, 5) is 30.7. The smallest absolute Gasteiger partial charge is 0.329 e. The number of carbonyl (C=O) groups excluding carboxylic acids is 2. The summed E-state index contributed by atoms with van der Waals surface area (Å²) < 4.78 is 42.9. The molecule has 0 spiro atoms. The molecule has 5 aromatic rings. The summed E-state index contributed by atoms with van der Waals surface area (Å²) in [7, 11) is 0.